The van der Waals surface area contributed by atoms with Gasteiger partial charge in [-0.25, -0.2) is 0 Å². The summed E-state index contributed by atoms with van der Waals surface area (Å²) in [5, 5.41) is 11.8. The lowest BCUT2D eigenvalue weighted by Crippen LogP contribution is -2.13. The minimum absolute atomic E-state index is 0.845. The van der Waals surface area contributed by atoms with Crippen molar-refractivity contribution in [3.05, 3.63) is 290 Å². The molecule has 0 aliphatic carbocycles. The van der Waals surface area contributed by atoms with Gasteiger partial charge in [-0.3, -0.25) is 0 Å². The molecule has 4 nitrogen and oxygen atoms in total. The number of para-hydroxylation sites is 2. The van der Waals surface area contributed by atoms with Crippen LogP contribution in [0.25, 0.3) is 121 Å². The first-order valence-electron chi connectivity index (χ1n) is 31.3. The average molecular weight is 1130 g/mol. The molecule has 4 heteroatoms. The lowest BCUT2D eigenvalue weighted by atomic mass is 9.86. The van der Waals surface area contributed by atoms with Crippen molar-refractivity contribution in [3.8, 4) is 44.5 Å². The summed E-state index contributed by atoms with van der Waals surface area (Å²) in [4.78, 5) is 5.00. The largest absolute Gasteiger partial charge is 0.454 e. The maximum absolute atomic E-state index is 7.25. The van der Waals surface area contributed by atoms with Crippen molar-refractivity contribution in [3.63, 3.8) is 0 Å². The Hall–Kier alpha value is -10.7. The predicted molar refractivity (Wildman–Crippen MR) is 373 cm³/mol. The Kier molecular flexibility index (Phi) is 13.4. The van der Waals surface area contributed by atoms with Gasteiger partial charge in [-0.2, -0.15) is 0 Å². The van der Waals surface area contributed by atoms with Gasteiger partial charge in [0.05, 0.1) is 22.7 Å². The lowest BCUT2D eigenvalue weighted by Gasteiger charge is -2.31. The van der Waals surface area contributed by atoms with Crippen molar-refractivity contribution >= 4 is 110 Å². The number of aryl methyl sites for hydroxylation is 2. The highest BCUT2D eigenvalue weighted by Gasteiger charge is 2.29. The van der Waals surface area contributed by atoms with Gasteiger partial charge in [-0.15, -0.1) is 0 Å². The third-order valence-corrected chi connectivity index (χ3v) is 18.1. The number of nitrogens with zero attached hydrogens (tertiary/aromatic N) is 2. The minimum atomic E-state index is 0.845. The highest BCUT2D eigenvalue weighted by atomic mass is 16.3. The Morgan fingerprint density at radius 3 is 0.955 bits per heavy atom. The molecule has 0 bridgehead atoms. The third kappa shape index (κ3) is 9.14. The van der Waals surface area contributed by atoms with Crippen molar-refractivity contribution in [2.45, 2.75) is 52.4 Å². The zero-order valence-electron chi connectivity index (χ0n) is 49.5. The number of anilines is 6. The summed E-state index contributed by atoms with van der Waals surface area (Å²) < 4.78 is 14.5. The quantitative estimate of drug-likeness (QED) is 0.0903. The molecule has 0 saturated heterocycles. The standard InChI is InChI=1S/C84H64N2O2/c1-3-5-25-61-51-75(85(65-35-21-11-22-36-65)77-53-63(57-31-17-9-18-32-57)49-73-71-47-59(55-27-13-7-14-28-55)39-45-79(71)87-83(73)77)69-44-42-68-62(26-6-4-2)52-76(70-43-41-67(61)81(69)82(68)70)86(66-37-23-12-24-38-66)78-54-64(58-33-19-10-20-34-58)50-74-72-48-60(56-29-15-8-16-30-56)40-46-80(72)88-84(74)78/h7-24,27-54H,3-6,25-26H2,1-2H3. The van der Waals surface area contributed by atoms with Crippen LogP contribution in [-0.2, 0) is 12.8 Å². The predicted octanol–water partition coefficient (Wildman–Crippen LogP) is 24.7. The Morgan fingerprint density at radius 2 is 0.591 bits per heavy atom. The smallest absolute Gasteiger partial charge is 0.159 e. The van der Waals surface area contributed by atoms with Crippen LogP contribution in [0.15, 0.2) is 288 Å². The van der Waals surface area contributed by atoms with Crippen LogP contribution in [0.3, 0.4) is 0 Å². The monoisotopic (exact) mass is 1130 g/mol. The van der Waals surface area contributed by atoms with E-state index in [2.05, 4.69) is 303 Å². The van der Waals surface area contributed by atoms with Crippen molar-refractivity contribution in [1.82, 2.24) is 0 Å². The summed E-state index contributed by atoms with van der Waals surface area (Å²) >= 11 is 0. The van der Waals surface area contributed by atoms with Crippen LogP contribution in [-0.4, -0.2) is 0 Å². The molecule has 0 spiro atoms. The van der Waals surface area contributed by atoms with Gasteiger partial charge in [0.25, 0.3) is 0 Å². The fraction of sp³-hybridized carbons (Fsp3) is 0.0952. The fourth-order valence-electron chi connectivity index (χ4n) is 13.9. The number of hydrogen-bond donors (Lipinski definition) is 0. The first kappa shape index (κ1) is 52.8. The van der Waals surface area contributed by atoms with Gasteiger partial charge in [0.15, 0.2) is 11.2 Å². The van der Waals surface area contributed by atoms with E-state index in [9.17, 15) is 0 Å². The normalized spacial score (nSPS) is 11.8. The van der Waals surface area contributed by atoms with Crippen LogP contribution in [0.4, 0.5) is 34.1 Å². The van der Waals surface area contributed by atoms with Crippen molar-refractivity contribution in [2.24, 2.45) is 0 Å². The van der Waals surface area contributed by atoms with Gasteiger partial charge in [0, 0.05) is 43.7 Å². The molecular formula is C84H64N2O2. The molecule has 2 heterocycles. The second-order valence-electron chi connectivity index (χ2n) is 23.6. The van der Waals surface area contributed by atoms with Crippen molar-refractivity contribution < 1.29 is 8.83 Å². The maximum Gasteiger partial charge on any atom is 0.159 e. The van der Waals surface area contributed by atoms with Gasteiger partial charge >= 0.3 is 0 Å². The molecule has 0 amide bonds. The molecule has 14 aromatic carbocycles. The SMILES string of the molecule is CCCCc1cc(N(c2ccccc2)c2cc(-c3ccccc3)cc3c2oc2ccc(-c4ccccc4)cc23)c2ccc3c(CCCC)cc(N(c4ccccc4)c4cc(-c5ccccc5)cc5c4oc4ccc(-c6ccccc6)cc45)c4ccc1c2c34. The number of benzene rings is 14. The molecule has 0 fully saturated rings. The zero-order chi connectivity index (χ0) is 58.7. The number of furan rings is 2. The number of rotatable bonds is 16. The molecule has 0 radical (unpaired) electrons. The first-order chi connectivity index (χ1) is 43.6. The van der Waals surface area contributed by atoms with Gasteiger partial charge < -0.3 is 18.6 Å². The third-order valence-electron chi connectivity index (χ3n) is 18.1. The summed E-state index contributed by atoms with van der Waals surface area (Å²) in [6.07, 6.45) is 6.13. The highest BCUT2D eigenvalue weighted by Crippen LogP contribution is 2.53. The van der Waals surface area contributed by atoms with Gasteiger partial charge in [0.1, 0.15) is 11.2 Å². The lowest BCUT2D eigenvalue weighted by molar-refractivity contribution is 0.669. The Morgan fingerprint density at radius 1 is 0.261 bits per heavy atom. The Bertz CT molecular complexity index is 4880. The Balaban J connectivity index is 0.996. The van der Waals surface area contributed by atoms with Gasteiger partial charge in [-0.05, 0) is 188 Å². The Labute approximate surface area is 513 Å². The molecule has 88 heavy (non-hydrogen) atoms. The van der Waals surface area contributed by atoms with Crippen LogP contribution in [0.5, 0.6) is 0 Å². The summed E-state index contributed by atoms with van der Waals surface area (Å²) in [5.41, 5.74) is 21.6. The molecular weight excluding hydrogens is 1070 g/mol. The van der Waals surface area contributed by atoms with E-state index in [0.717, 1.165) is 150 Å². The maximum atomic E-state index is 7.25. The first-order valence-corrected chi connectivity index (χ1v) is 31.3. The van der Waals surface area contributed by atoms with E-state index in [0.29, 0.717) is 0 Å². The second-order valence-corrected chi connectivity index (χ2v) is 23.6. The zero-order valence-corrected chi connectivity index (χ0v) is 49.5. The molecule has 0 N–H and O–H groups in total. The van der Waals surface area contributed by atoms with Crippen LogP contribution < -0.4 is 9.80 Å². The van der Waals surface area contributed by atoms with Crippen molar-refractivity contribution in [1.29, 1.82) is 0 Å². The number of fused-ring (bicyclic) bond motifs is 6. The van der Waals surface area contributed by atoms with E-state index < -0.39 is 0 Å². The molecule has 16 aromatic rings. The molecule has 0 saturated carbocycles. The summed E-state index contributed by atoms with van der Waals surface area (Å²) in [6, 6.07) is 102. The van der Waals surface area contributed by atoms with Crippen LogP contribution in [0, 0.1) is 0 Å². The molecule has 16 rings (SSSR count). The minimum Gasteiger partial charge on any atom is -0.454 e. The molecule has 0 aliphatic rings. The van der Waals surface area contributed by atoms with E-state index >= 15 is 0 Å². The summed E-state index contributed by atoms with van der Waals surface area (Å²) in [6.45, 7) is 4.62. The van der Waals surface area contributed by atoms with E-state index in [1.54, 1.807) is 0 Å². The summed E-state index contributed by atoms with van der Waals surface area (Å²) in [5.74, 6) is 0. The van der Waals surface area contributed by atoms with E-state index in [4.69, 9.17) is 8.83 Å². The fourth-order valence-corrected chi connectivity index (χ4v) is 13.9. The average Bonchev–Trinajstić information content (AvgIpc) is 0.863. The van der Waals surface area contributed by atoms with E-state index in [1.165, 1.54) is 54.6 Å². The molecule has 422 valence electrons. The number of unbranched alkanes of at least 4 members (excludes halogenated alkanes) is 2. The van der Waals surface area contributed by atoms with E-state index in [-0.39, 0.29) is 0 Å². The molecule has 2 aromatic heterocycles. The highest BCUT2D eigenvalue weighted by molar-refractivity contribution is 6.30. The van der Waals surface area contributed by atoms with E-state index in [1.807, 2.05) is 0 Å². The van der Waals surface area contributed by atoms with Gasteiger partial charge in [-0.1, -0.05) is 221 Å². The topological polar surface area (TPSA) is 32.8 Å². The van der Waals surface area contributed by atoms with Crippen LogP contribution >= 0.6 is 0 Å². The summed E-state index contributed by atoms with van der Waals surface area (Å²) in [7, 11) is 0. The van der Waals surface area contributed by atoms with Crippen LogP contribution in [0.1, 0.15) is 50.7 Å². The van der Waals surface area contributed by atoms with Crippen molar-refractivity contribution in [2.75, 3.05) is 9.80 Å². The molecule has 0 unspecified atom stereocenters. The van der Waals surface area contributed by atoms with Crippen LogP contribution in [0.2, 0.25) is 0 Å². The second kappa shape index (κ2) is 22.3. The number of hydrogen-bond acceptors (Lipinski definition) is 4. The van der Waals surface area contributed by atoms with Gasteiger partial charge in [0.2, 0.25) is 0 Å². The molecule has 0 aliphatic heterocycles. The molecule has 0 atom stereocenters.